The van der Waals surface area contributed by atoms with Gasteiger partial charge in [-0.2, -0.15) is 0 Å². The third-order valence-electron chi connectivity index (χ3n) is 2.92. The second-order valence-corrected chi connectivity index (χ2v) is 12.5. The van der Waals surface area contributed by atoms with Crippen LogP contribution in [0.4, 0.5) is 0 Å². The van der Waals surface area contributed by atoms with Crippen molar-refractivity contribution in [1.82, 2.24) is 0 Å². The van der Waals surface area contributed by atoms with Crippen LogP contribution in [0.5, 0.6) is 0 Å². The monoisotopic (exact) mass is 318 g/mol. The van der Waals surface area contributed by atoms with Crippen LogP contribution in [-0.4, -0.2) is 21.1 Å². The van der Waals surface area contributed by atoms with E-state index in [0.29, 0.717) is 0 Å². The van der Waals surface area contributed by atoms with Crippen molar-refractivity contribution in [1.29, 1.82) is 0 Å². The molecule has 0 saturated heterocycles. The summed E-state index contributed by atoms with van der Waals surface area (Å²) in [6, 6.07) is 0. The Balaban J connectivity index is 3.52. The molecule has 15 heavy (non-hydrogen) atoms. The molecule has 0 aromatic carbocycles. The summed E-state index contributed by atoms with van der Waals surface area (Å²) in [6.07, 6.45) is 5.88. The van der Waals surface area contributed by atoms with E-state index in [1.165, 1.54) is 25.7 Å². The molecule has 0 aliphatic carbocycles. The molecule has 0 saturated carbocycles. The first-order valence-electron chi connectivity index (χ1n) is 6.67. The quantitative estimate of drug-likeness (QED) is 0.541. The van der Waals surface area contributed by atoms with Crippen molar-refractivity contribution in [2.45, 2.75) is 75.1 Å². The fraction of sp³-hybridized carbons (Fsp3) is 1.00. The first-order valence-corrected chi connectivity index (χ1v) is 9.97. The van der Waals surface area contributed by atoms with Crippen LogP contribution >= 0.6 is 0 Å². The van der Waals surface area contributed by atoms with E-state index in [1.54, 1.807) is 0 Å². The predicted octanol–water partition coefficient (Wildman–Crippen LogP) is 5.18. The van der Waals surface area contributed by atoms with Crippen LogP contribution in [0.25, 0.3) is 0 Å². The van der Waals surface area contributed by atoms with Crippen LogP contribution < -0.4 is 0 Å². The SMILES string of the molecule is CC(C)CC[CH](C)[Sn][CH](C)CCC(C)C. The fourth-order valence-corrected chi connectivity index (χ4v) is 6.49. The topological polar surface area (TPSA) is 0 Å². The Labute approximate surface area is 108 Å². The first-order chi connectivity index (χ1) is 6.91. The summed E-state index contributed by atoms with van der Waals surface area (Å²) < 4.78 is 2.19. The Morgan fingerprint density at radius 1 is 0.600 bits per heavy atom. The van der Waals surface area contributed by atoms with Crippen LogP contribution in [0.15, 0.2) is 0 Å². The normalized spacial score (nSPS) is 16.0. The summed E-state index contributed by atoms with van der Waals surface area (Å²) in [6.45, 7) is 14.4. The Morgan fingerprint density at radius 3 is 1.20 bits per heavy atom. The van der Waals surface area contributed by atoms with Gasteiger partial charge in [0.2, 0.25) is 0 Å². The average Bonchev–Trinajstić information content (AvgIpc) is 2.11. The van der Waals surface area contributed by atoms with Crippen molar-refractivity contribution in [3.05, 3.63) is 0 Å². The van der Waals surface area contributed by atoms with Gasteiger partial charge in [-0.15, -0.1) is 0 Å². The van der Waals surface area contributed by atoms with Crippen LogP contribution in [0.3, 0.4) is 0 Å². The standard InChI is InChI=1S/2C7H15.Sn/c2*1-4-5-6-7(2)3;/h2*4,7H,5-6H2,1-3H3;. The van der Waals surface area contributed by atoms with Crippen molar-refractivity contribution < 1.29 is 0 Å². The zero-order valence-corrected chi connectivity index (χ0v) is 14.5. The van der Waals surface area contributed by atoms with Crippen molar-refractivity contribution in [2.24, 2.45) is 11.8 Å². The number of hydrogen-bond donors (Lipinski definition) is 0. The molecule has 0 aliphatic heterocycles. The predicted molar refractivity (Wildman–Crippen MR) is 72.7 cm³/mol. The first kappa shape index (κ1) is 15.8. The van der Waals surface area contributed by atoms with E-state index < -0.39 is 0 Å². The molecule has 0 aromatic heterocycles. The van der Waals surface area contributed by atoms with E-state index >= 15 is 0 Å². The molecule has 0 aromatic rings. The van der Waals surface area contributed by atoms with Gasteiger partial charge in [-0.05, 0) is 0 Å². The molecule has 0 bridgehead atoms. The Kier molecular flexibility index (Phi) is 9.37. The van der Waals surface area contributed by atoms with Crippen molar-refractivity contribution in [3.63, 3.8) is 0 Å². The van der Waals surface area contributed by atoms with Gasteiger partial charge < -0.3 is 0 Å². The minimum absolute atomic E-state index is 0.107. The second kappa shape index (κ2) is 8.89. The molecule has 0 fully saturated rings. The maximum atomic E-state index is 2.50. The Morgan fingerprint density at radius 2 is 0.933 bits per heavy atom. The summed E-state index contributed by atoms with van der Waals surface area (Å²) in [7, 11) is 0. The summed E-state index contributed by atoms with van der Waals surface area (Å²) >= 11 is -0.107. The van der Waals surface area contributed by atoms with Crippen LogP contribution in [0.2, 0.25) is 7.87 Å². The van der Waals surface area contributed by atoms with E-state index in [4.69, 9.17) is 0 Å². The van der Waals surface area contributed by atoms with Gasteiger partial charge in [-0.25, -0.2) is 0 Å². The molecule has 1 heteroatoms. The van der Waals surface area contributed by atoms with Gasteiger partial charge >= 0.3 is 108 Å². The van der Waals surface area contributed by atoms with Crippen molar-refractivity contribution in [2.75, 3.05) is 0 Å². The maximum absolute atomic E-state index is 2.50. The molecule has 0 amide bonds. The summed E-state index contributed by atoms with van der Waals surface area (Å²) in [5.41, 5.74) is 0. The molecular weight excluding hydrogens is 287 g/mol. The van der Waals surface area contributed by atoms with Gasteiger partial charge in [-0.3, -0.25) is 0 Å². The van der Waals surface area contributed by atoms with Gasteiger partial charge in [-0.1, -0.05) is 0 Å². The molecule has 0 heterocycles. The van der Waals surface area contributed by atoms with Crippen LogP contribution in [0, 0.1) is 11.8 Å². The molecule has 0 aliphatic rings. The third-order valence-corrected chi connectivity index (χ3v) is 7.82. The molecule has 0 rings (SSSR count). The van der Waals surface area contributed by atoms with Crippen molar-refractivity contribution in [3.8, 4) is 0 Å². The Bertz CT molecular complexity index is 124. The molecule has 90 valence electrons. The van der Waals surface area contributed by atoms with Gasteiger partial charge in [0.1, 0.15) is 0 Å². The molecule has 2 radical (unpaired) electrons. The molecule has 2 atom stereocenters. The van der Waals surface area contributed by atoms with Crippen molar-refractivity contribution >= 4 is 21.1 Å². The fourth-order valence-electron chi connectivity index (χ4n) is 1.82. The zero-order valence-electron chi connectivity index (χ0n) is 11.6. The molecule has 2 unspecified atom stereocenters. The van der Waals surface area contributed by atoms with E-state index in [2.05, 4.69) is 41.5 Å². The molecule has 0 nitrogen and oxygen atoms in total. The molecule has 0 N–H and O–H groups in total. The van der Waals surface area contributed by atoms with Gasteiger partial charge in [0.25, 0.3) is 0 Å². The van der Waals surface area contributed by atoms with E-state index in [9.17, 15) is 0 Å². The summed E-state index contributed by atoms with van der Waals surface area (Å²) in [4.78, 5) is 0. The third kappa shape index (κ3) is 11.1. The van der Waals surface area contributed by atoms with Gasteiger partial charge in [0, 0.05) is 0 Å². The summed E-state index contributed by atoms with van der Waals surface area (Å²) in [5.74, 6) is 1.80. The van der Waals surface area contributed by atoms with E-state index in [-0.39, 0.29) is 21.1 Å². The molecular formula is C14H30Sn. The van der Waals surface area contributed by atoms with Gasteiger partial charge in [0.05, 0.1) is 0 Å². The van der Waals surface area contributed by atoms with Crippen LogP contribution in [-0.2, 0) is 0 Å². The minimum atomic E-state index is -0.107. The van der Waals surface area contributed by atoms with E-state index in [0.717, 1.165) is 19.7 Å². The average molecular weight is 317 g/mol. The van der Waals surface area contributed by atoms with Crippen LogP contribution in [0.1, 0.15) is 67.2 Å². The number of rotatable bonds is 8. The van der Waals surface area contributed by atoms with Gasteiger partial charge in [0.15, 0.2) is 0 Å². The summed E-state index contributed by atoms with van der Waals surface area (Å²) in [5, 5.41) is 0. The molecule has 0 spiro atoms. The zero-order chi connectivity index (χ0) is 11.8. The second-order valence-electron chi connectivity index (χ2n) is 5.91. The number of hydrogen-bond acceptors (Lipinski definition) is 0. The van der Waals surface area contributed by atoms with E-state index in [1.807, 2.05) is 0 Å². The Hall–Kier alpha value is 0.799.